The van der Waals surface area contributed by atoms with Gasteiger partial charge in [0.1, 0.15) is 5.75 Å². The van der Waals surface area contributed by atoms with Gasteiger partial charge in [-0.05, 0) is 43.4 Å². The first kappa shape index (κ1) is 16.3. The van der Waals surface area contributed by atoms with Gasteiger partial charge in [0.2, 0.25) is 0 Å². The maximum Gasteiger partial charge on any atom is 0.257 e. The molecule has 4 heteroatoms. The van der Waals surface area contributed by atoms with E-state index < -0.39 is 0 Å². The second-order valence-electron chi connectivity index (χ2n) is 5.72. The highest BCUT2D eigenvalue weighted by molar-refractivity contribution is 9.10. The number of halogens is 1. The molecule has 0 aliphatic carbocycles. The number of carbonyl (C=O) groups is 1. The molecule has 1 fully saturated rings. The molecular formula is C17H24BrNO2. The summed E-state index contributed by atoms with van der Waals surface area (Å²) in [5.41, 5.74) is 0.662. The Balaban J connectivity index is 2.09. The highest BCUT2D eigenvalue weighted by Gasteiger charge is 2.23. The third-order valence-electron chi connectivity index (χ3n) is 4.23. The van der Waals surface area contributed by atoms with E-state index in [4.69, 9.17) is 4.74 Å². The number of rotatable bonds is 4. The number of likely N-dealkylation sites (tertiary alicyclic amines) is 1. The van der Waals surface area contributed by atoms with Crippen LogP contribution in [0.25, 0.3) is 0 Å². The number of ether oxygens (including phenoxy) is 1. The lowest BCUT2D eigenvalue weighted by molar-refractivity contribution is 0.0756. The third-order valence-corrected chi connectivity index (χ3v) is 4.72. The van der Waals surface area contributed by atoms with E-state index >= 15 is 0 Å². The van der Waals surface area contributed by atoms with Gasteiger partial charge in [-0.1, -0.05) is 35.7 Å². The second-order valence-corrected chi connectivity index (χ2v) is 6.64. The van der Waals surface area contributed by atoms with Gasteiger partial charge in [-0.15, -0.1) is 0 Å². The van der Waals surface area contributed by atoms with Gasteiger partial charge in [0.25, 0.3) is 5.91 Å². The standard InChI is InChI=1S/C17H24BrNO2/c1-3-5-13-6-4-10-19(11-9-13)17(20)15-8-7-14(18)12-16(15)21-2/h7-8,12-13H,3-6,9-11H2,1-2H3. The highest BCUT2D eigenvalue weighted by Crippen LogP contribution is 2.27. The van der Waals surface area contributed by atoms with Crippen LogP contribution in [0.5, 0.6) is 5.75 Å². The fourth-order valence-electron chi connectivity index (χ4n) is 3.08. The van der Waals surface area contributed by atoms with Gasteiger partial charge in [0.15, 0.2) is 0 Å². The fourth-order valence-corrected chi connectivity index (χ4v) is 3.42. The molecule has 0 spiro atoms. The molecule has 1 heterocycles. The van der Waals surface area contributed by atoms with Crippen molar-refractivity contribution < 1.29 is 9.53 Å². The zero-order chi connectivity index (χ0) is 15.2. The van der Waals surface area contributed by atoms with Gasteiger partial charge in [-0.25, -0.2) is 0 Å². The maximum atomic E-state index is 12.7. The van der Waals surface area contributed by atoms with Gasteiger partial charge in [-0.3, -0.25) is 4.79 Å². The van der Waals surface area contributed by atoms with E-state index in [2.05, 4.69) is 22.9 Å². The summed E-state index contributed by atoms with van der Waals surface area (Å²) in [6.45, 7) is 3.96. The van der Waals surface area contributed by atoms with Crippen LogP contribution in [0.15, 0.2) is 22.7 Å². The number of benzene rings is 1. The van der Waals surface area contributed by atoms with Crippen molar-refractivity contribution in [3.05, 3.63) is 28.2 Å². The summed E-state index contributed by atoms with van der Waals surface area (Å²) in [6.07, 6.45) is 5.99. The van der Waals surface area contributed by atoms with Gasteiger partial charge in [0.05, 0.1) is 12.7 Å². The minimum atomic E-state index is 0.0940. The molecule has 1 amide bonds. The molecule has 0 radical (unpaired) electrons. The second kappa shape index (κ2) is 7.83. The SMILES string of the molecule is CCCC1CCCN(C(=O)c2ccc(Br)cc2OC)CC1. The zero-order valence-electron chi connectivity index (χ0n) is 12.9. The Bertz CT molecular complexity index is 490. The molecule has 0 N–H and O–H groups in total. The molecule has 2 rings (SSSR count). The normalized spacial score (nSPS) is 19.2. The Morgan fingerprint density at radius 1 is 1.38 bits per heavy atom. The maximum absolute atomic E-state index is 12.7. The molecular weight excluding hydrogens is 330 g/mol. The van der Waals surface area contributed by atoms with Crippen molar-refractivity contribution in [1.29, 1.82) is 0 Å². The van der Waals surface area contributed by atoms with E-state index in [9.17, 15) is 4.79 Å². The summed E-state index contributed by atoms with van der Waals surface area (Å²) in [5.74, 6) is 1.51. The highest BCUT2D eigenvalue weighted by atomic mass is 79.9. The number of nitrogens with zero attached hydrogens (tertiary/aromatic N) is 1. The topological polar surface area (TPSA) is 29.5 Å². The van der Waals surface area contributed by atoms with Crippen molar-refractivity contribution in [2.75, 3.05) is 20.2 Å². The van der Waals surface area contributed by atoms with Gasteiger partial charge < -0.3 is 9.64 Å². The molecule has 1 saturated heterocycles. The van der Waals surface area contributed by atoms with Crippen LogP contribution in [0, 0.1) is 5.92 Å². The first-order valence-electron chi connectivity index (χ1n) is 7.78. The summed E-state index contributed by atoms with van der Waals surface area (Å²) >= 11 is 3.41. The fraction of sp³-hybridized carbons (Fsp3) is 0.588. The summed E-state index contributed by atoms with van der Waals surface area (Å²) in [7, 11) is 1.61. The molecule has 1 atom stereocenters. The van der Waals surface area contributed by atoms with Crippen molar-refractivity contribution in [2.24, 2.45) is 5.92 Å². The number of hydrogen-bond acceptors (Lipinski definition) is 2. The van der Waals surface area contributed by atoms with E-state index in [0.29, 0.717) is 11.3 Å². The average Bonchev–Trinajstić information content (AvgIpc) is 2.72. The van der Waals surface area contributed by atoms with Crippen LogP contribution in [0.2, 0.25) is 0 Å². The Kier molecular flexibility index (Phi) is 6.09. The van der Waals surface area contributed by atoms with Gasteiger partial charge in [-0.2, -0.15) is 0 Å². The molecule has 0 bridgehead atoms. The lowest BCUT2D eigenvalue weighted by Gasteiger charge is -2.22. The van der Waals surface area contributed by atoms with Crippen molar-refractivity contribution in [1.82, 2.24) is 4.90 Å². The molecule has 1 aliphatic heterocycles. The summed E-state index contributed by atoms with van der Waals surface area (Å²) in [6, 6.07) is 5.60. The van der Waals surface area contributed by atoms with E-state index in [1.807, 2.05) is 23.1 Å². The van der Waals surface area contributed by atoms with Gasteiger partial charge >= 0.3 is 0 Å². The molecule has 116 valence electrons. The molecule has 0 saturated carbocycles. The van der Waals surface area contributed by atoms with Crippen molar-refractivity contribution in [3.63, 3.8) is 0 Å². The molecule has 1 aromatic carbocycles. The molecule has 1 aliphatic rings. The van der Waals surface area contributed by atoms with Crippen molar-refractivity contribution >= 4 is 21.8 Å². The zero-order valence-corrected chi connectivity index (χ0v) is 14.5. The van der Waals surface area contributed by atoms with E-state index in [1.54, 1.807) is 7.11 Å². The van der Waals surface area contributed by atoms with Crippen molar-refractivity contribution in [2.45, 2.75) is 39.0 Å². The third kappa shape index (κ3) is 4.22. The van der Waals surface area contributed by atoms with Crippen LogP contribution in [0.1, 0.15) is 49.4 Å². The number of hydrogen-bond donors (Lipinski definition) is 0. The molecule has 21 heavy (non-hydrogen) atoms. The Morgan fingerprint density at radius 2 is 2.19 bits per heavy atom. The van der Waals surface area contributed by atoms with Crippen molar-refractivity contribution in [3.8, 4) is 5.75 Å². The van der Waals surface area contributed by atoms with E-state index in [-0.39, 0.29) is 5.91 Å². The first-order chi connectivity index (χ1) is 10.2. The first-order valence-corrected chi connectivity index (χ1v) is 8.57. The van der Waals surface area contributed by atoms with Crippen LogP contribution in [0.3, 0.4) is 0 Å². The van der Waals surface area contributed by atoms with E-state index in [0.717, 1.165) is 36.3 Å². The average molecular weight is 354 g/mol. The summed E-state index contributed by atoms with van der Waals surface area (Å²) in [5, 5.41) is 0. The molecule has 1 aromatic rings. The van der Waals surface area contributed by atoms with Crippen LogP contribution in [-0.2, 0) is 0 Å². The predicted octanol–water partition coefficient (Wildman–Crippen LogP) is 4.50. The smallest absolute Gasteiger partial charge is 0.257 e. The Morgan fingerprint density at radius 3 is 2.90 bits per heavy atom. The Labute approximate surface area is 135 Å². The summed E-state index contributed by atoms with van der Waals surface area (Å²) < 4.78 is 6.28. The predicted molar refractivity (Wildman–Crippen MR) is 88.8 cm³/mol. The quantitative estimate of drug-likeness (QED) is 0.797. The molecule has 0 aromatic heterocycles. The number of amides is 1. The molecule has 1 unspecified atom stereocenters. The largest absolute Gasteiger partial charge is 0.496 e. The minimum absolute atomic E-state index is 0.0940. The Hall–Kier alpha value is -1.03. The van der Waals surface area contributed by atoms with E-state index in [1.165, 1.54) is 19.3 Å². The van der Waals surface area contributed by atoms with Crippen LogP contribution in [0.4, 0.5) is 0 Å². The summed E-state index contributed by atoms with van der Waals surface area (Å²) in [4.78, 5) is 14.7. The van der Waals surface area contributed by atoms with Crippen LogP contribution < -0.4 is 4.74 Å². The number of carbonyl (C=O) groups excluding carboxylic acids is 1. The lowest BCUT2D eigenvalue weighted by Crippen LogP contribution is -2.32. The lowest BCUT2D eigenvalue weighted by atomic mass is 9.96. The minimum Gasteiger partial charge on any atom is -0.496 e. The van der Waals surface area contributed by atoms with Crippen LogP contribution >= 0.6 is 15.9 Å². The van der Waals surface area contributed by atoms with Crippen LogP contribution in [-0.4, -0.2) is 31.0 Å². The monoisotopic (exact) mass is 353 g/mol. The number of methoxy groups -OCH3 is 1. The molecule has 3 nitrogen and oxygen atoms in total. The van der Waals surface area contributed by atoms with Gasteiger partial charge in [0, 0.05) is 17.6 Å².